The van der Waals surface area contributed by atoms with E-state index >= 15 is 0 Å². The standard InChI is InChI=1S/C17H15ClN4O2/c1-11-19-20-16-10-21(8-9-22(11)16)17(23)15-7-6-14(24-15)12-2-4-13(18)5-3-12/h2-7H,8-10H2,1H3. The summed E-state index contributed by atoms with van der Waals surface area (Å²) >= 11 is 5.89. The average Bonchev–Trinajstić information content (AvgIpc) is 3.22. The second-order valence-electron chi connectivity index (χ2n) is 5.71. The van der Waals surface area contributed by atoms with Crippen molar-refractivity contribution in [3.05, 3.63) is 58.8 Å². The fraction of sp³-hybridized carbons (Fsp3) is 0.235. The van der Waals surface area contributed by atoms with Gasteiger partial charge in [-0.3, -0.25) is 4.79 Å². The zero-order valence-corrected chi connectivity index (χ0v) is 13.8. The van der Waals surface area contributed by atoms with Crippen LogP contribution in [0.4, 0.5) is 0 Å². The Hall–Kier alpha value is -2.60. The number of aromatic nitrogens is 3. The first-order valence-corrected chi connectivity index (χ1v) is 8.03. The summed E-state index contributed by atoms with van der Waals surface area (Å²) in [5, 5.41) is 8.84. The maximum atomic E-state index is 12.7. The number of benzene rings is 1. The molecule has 0 aliphatic carbocycles. The highest BCUT2D eigenvalue weighted by molar-refractivity contribution is 6.30. The topological polar surface area (TPSA) is 64.2 Å². The van der Waals surface area contributed by atoms with Crippen LogP contribution in [-0.4, -0.2) is 32.1 Å². The number of carbonyl (C=O) groups excluding carboxylic acids is 1. The van der Waals surface area contributed by atoms with Crippen LogP contribution in [0.5, 0.6) is 0 Å². The summed E-state index contributed by atoms with van der Waals surface area (Å²) in [4.78, 5) is 14.4. The quantitative estimate of drug-likeness (QED) is 0.717. The van der Waals surface area contributed by atoms with Gasteiger partial charge in [-0.1, -0.05) is 11.6 Å². The highest BCUT2D eigenvalue weighted by Crippen LogP contribution is 2.25. The molecule has 0 bridgehead atoms. The number of fused-ring (bicyclic) bond motifs is 1. The Morgan fingerprint density at radius 2 is 1.92 bits per heavy atom. The Balaban J connectivity index is 1.54. The number of carbonyl (C=O) groups is 1. The van der Waals surface area contributed by atoms with Gasteiger partial charge < -0.3 is 13.9 Å². The Bertz CT molecular complexity index is 898. The first-order valence-electron chi connectivity index (χ1n) is 7.65. The summed E-state index contributed by atoms with van der Waals surface area (Å²) < 4.78 is 7.77. The molecule has 0 spiro atoms. The van der Waals surface area contributed by atoms with Gasteiger partial charge in [0.1, 0.15) is 11.6 Å². The van der Waals surface area contributed by atoms with E-state index in [1.165, 1.54) is 0 Å². The van der Waals surface area contributed by atoms with Crippen molar-refractivity contribution in [1.29, 1.82) is 0 Å². The van der Waals surface area contributed by atoms with Crippen LogP contribution in [0.2, 0.25) is 5.02 Å². The number of halogens is 1. The van der Waals surface area contributed by atoms with Crippen molar-refractivity contribution >= 4 is 17.5 Å². The molecule has 1 aromatic carbocycles. The van der Waals surface area contributed by atoms with Gasteiger partial charge in [-0.25, -0.2) is 0 Å². The third-order valence-electron chi connectivity index (χ3n) is 4.17. The van der Waals surface area contributed by atoms with Crippen molar-refractivity contribution in [2.24, 2.45) is 0 Å². The van der Waals surface area contributed by atoms with Crippen LogP contribution in [0.1, 0.15) is 22.2 Å². The van der Waals surface area contributed by atoms with E-state index in [9.17, 15) is 4.79 Å². The van der Waals surface area contributed by atoms with E-state index in [0.717, 1.165) is 17.2 Å². The molecule has 1 aliphatic rings. The molecule has 4 rings (SSSR count). The van der Waals surface area contributed by atoms with Gasteiger partial charge in [0.05, 0.1) is 6.54 Å². The van der Waals surface area contributed by atoms with Crippen LogP contribution in [0.15, 0.2) is 40.8 Å². The molecule has 6 nitrogen and oxygen atoms in total. The lowest BCUT2D eigenvalue weighted by Crippen LogP contribution is -2.38. The molecule has 0 atom stereocenters. The zero-order chi connectivity index (χ0) is 16.7. The summed E-state index contributed by atoms with van der Waals surface area (Å²) in [7, 11) is 0. The fourth-order valence-electron chi connectivity index (χ4n) is 2.85. The van der Waals surface area contributed by atoms with Crippen LogP contribution >= 0.6 is 11.6 Å². The molecular formula is C17H15ClN4O2. The molecule has 0 N–H and O–H groups in total. The molecule has 24 heavy (non-hydrogen) atoms. The molecule has 0 fully saturated rings. The minimum absolute atomic E-state index is 0.137. The van der Waals surface area contributed by atoms with Crippen LogP contribution < -0.4 is 0 Å². The maximum absolute atomic E-state index is 12.7. The fourth-order valence-corrected chi connectivity index (χ4v) is 2.98. The number of nitrogens with zero attached hydrogens (tertiary/aromatic N) is 4. The zero-order valence-electron chi connectivity index (χ0n) is 13.1. The SMILES string of the molecule is Cc1nnc2n1CCN(C(=O)c1ccc(-c3ccc(Cl)cc3)o1)C2. The molecule has 7 heteroatoms. The first-order chi connectivity index (χ1) is 11.6. The van der Waals surface area contributed by atoms with Crippen molar-refractivity contribution in [1.82, 2.24) is 19.7 Å². The molecule has 1 amide bonds. The summed E-state index contributed by atoms with van der Waals surface area (Å²) in [6, 6.07) is 10.8. The largest absolute Gasteiger partial charge is 0.451 e. The molecule has 1 aliphatic heterocycles. The monoisotopic (exact) mass is 342 g/mol. The maximum Gasteiger partial charge on any atom is 0.290 e. The van der Waals surface area contributed by atoms with Crippen molar-refractivity contribution in [3.8, 4) is 11.3 Å². The first kappa shape index (κ1) is 15.0. The Labute approximate surface area is 143 Å². The van der Waals surface area contributed by atoms with Crippen LogP contribution in [-0.2, 0) is 13.1 Å². The van der Waals surface area contributed by atoms with Crippen LogP contribution in [0.3, 0.4) is 0 Å². The predicted octanol–water partition coefficient (Wildman–Crippen LogP) is 3.16. The minimum atomic E-state index is -0.137. The van der Waals surface area contributed by atoms with Gasteiger partial charge in [-0.2, -0.15) is 0 Å². The lowest BCUT2D eigenvalue weighted by molar-refractivity contribution is 0.0675. The van der Waals surface area contributed by atoms with Gasteiger partial charge in [-0.15, -0.1) is 10.2 Å². The van der Waals surface area contributed by atoms with Crippen molar-refractivity contribution in [3.63, 3.8) is 0 Å². The van der Waals surface area contributed by atoms with E-state index in [4.69, 9.17) is 16.0 Å². The number of rotatable bonds is 2. The molecule has 0 saturated carbocycles. The lowest BCUT2D eigenvalue weighted by atomic mass is 10.2. The minimum Gasteiger partial charge on any atom is -0.451 e. The van der Waals surface area contributed by atoms with Crippen molar-refractivity contribution < 1.29 is 9.21 Å². The Kier molecular flexibility index (Phi) is 3.61. The second kappa shape index (κ2) is 5.79. The third kappa shape index (κ3) is 2.59. The van der Waals surface area contributed by atoms with Gasteiger partial charge in [-0.05, 0) is 43.3 Å². The number of hydrogen-bond acceptors (Lipinski definition) is 4. The predicted molar refractivity (Wildman–Crippen MR) is 88.7 cm³/mol. The summed E-state index contributed by atoms with van der Waals surface area (Å²) in [5.41, 5.74) is 0.882. The van der Waals surface area contributed by atoms with Crippen molar-refractivity contribution in [2.75, 3.05) is 6.54 Å². The van der Waals surface area contributed by atoms with Crippen molar-refractivity contribution in [2.45, 2.75) is 20.0 Å². The second-order valence-corrected chi connectivity index (χ2v) is 6.15. The molecule has 0 radical (unpaired) electrons. The number of aryl methyl sites for hydroxylation is 1. The molecule has 0 saturated heterocycles. The van der Waals surface area contributed by atoms with E-state index in [-0.39, 0.29) is 5.91 Å². The van der Waals surface area contributed by atoms with Gasteiger partial charge in [0, 0.05) is 23.7 Å². The van der Waals surface area contributed by atoms with Crippen LogP contribution in [0.25, 0.3) is 11.3 Å². The molecule has 3 aromatic rings. The van der Waals surface area contributed by atoms with Crippen LogP contribution in [0, 0.1) is 6.92 Å². The summed E-state index contributed by atoms with van der Waals surface area (Å²) in [5.74, 6) is 2.51. The normalized spacial score (nSPS) is 13.8. The van der Waals surface area contributed by atoms with E-state index in [0.29, 0.717) is 36.2 Å². The van der Waals surface area contributed by atoms with Gasteiger partial charge in [0.25, 0.3) is 5.91 Å². The van der Waals surface area contributed by atoms with E-state index < -0.39 is 0 Å². The molecule has 2 aromatic heterocycles. The molecule has 3 heterocycles. The summed E-state index contributed by atoms with van der Waals surface area (Å²) in [6.07, 6.45) is 0. The number of hydrogen-bond donors (Lipinski definition) is 0. The smallest absolute Gasteiger partial charge is 0.290 e. The van der Waals surface area contributed by atoms with Gasteiger partial charge in [0.15, 0.2) is 11.6 Å². The van der Waals surface area contributed by atoms with Gasteiger partial charge in [0.2, 0.25) is 0 Å². The molecule has 0 unspecified atom stereocenters. The van der Waals surface area contributed by atoms with E-state index in [1.54, 1.807) is 29.2 Å². The Morgan fingerprint density at radius 1 is 1.12 bits per heavy atom. The number of furan rings is 1. The highest BCUT2D eigenvalue weighted by atomic mass is 35.5. The average molecular weight is 343 g/mol. The lowest BCUT2D eigenvalue weighted by Gasteiger charge is -2.26. The Morgan fingerprint density at radius 3 is 2.71 bits per heavy atom. The summed E-state index contributed by atoms with van der Waals surface area (Å²) in [6.45, 7) is 3.67. The van der Waals surface area contributed by atoms with E-state index in [1.807, 2.05) is 23.6 Å². The third-order valence-corrected chi connectivity index (χ3v) is 4.42. The highest BCUT2D eigenvalue weighted by Gasteiger charge is 2.26. The van der Waals surface area contributed by atoms with Gasteiger partial charge >= 0.3 is 0 Å². The van der Waals surface area contributed by atoms with E-state index in [2.05, 4.69) is 10.2 Å². The molecule has 122 valence electrons. The number of amides is 1. The molecular weight excluding hydrogens is 328 g/mol.